The lowest BCUT2D eigenvalue weighted by atomic mass is 9.99. The van der Waals surface area contributed by atoms with Gasteiger partial charge in [-0.3, -0.25) is 14.6 Å². The van der Waals surface area contributed by atoms with Gasteiger partial charge in [-0.05, 0) is 56.9 Å². The van der Waals surface area contributed by atoms with Crippen molar-refractivity contribution in [2.75, 3.05) is 23.8 Å². The van der Waals surface area contributed by atoms with Gasteiger partial charge in [-0.25, -0.2) is 15.0 Å². The number of rotatable bonds is 6. The summed E-state index contributed by atoms with van der Waals surface area (Å²) in [7, 11) is 0. The van der Waals surface area contributed by atoms with Crippen molar-refractivity contribution >= 4 is 23.3 Å². The highest BCUT2D eigenvalue weighted by molar-refractivity contribution is 5.94. The summed E-state index contributed by atoms with van der Waals surface area (Å²) in [5, 5.41) is 5.84. The minimum atomic E-state index is -0.0561. The van der Waals surface area contributed by atoms with Crippen molar-refractivity contribution < 1.29 is 14.3 Å². The van der Waals surface area contributed by atoms with E-state index in [0.717, 1.165) is 42.5 Å². The van der Waals surface area contributed by atoms with E-state index in [2.05, 4.69) is 25.6 Å². The molecule has 1 aliphatic carbocycles. The molecule has 2 fully saturated rings. The minimum Gasteiger partial charge on any atom is -0.381 e. The van der Waals surface area contributed by atoms with Crippen molar-refractivity contribution in [2.24, 2.45) is 11.8 Å². The number of carbonyl (C=O) groups is 2. The minimum absolute atomic E-state index is 0.00865. The van der Waals surface area contributed by atoms with Gasteiger partial charge in [0.2, 0.25) is 11.8 Å². The fourth-order valence-electron chi connectivity index (χ4n) is 3.91. The van der Waals surface area contributed by atoms with Crippen LogP contribution < -0.4 is 10.6 Å². The van der Waals surface area contributed by atoms with Crippen LogP contribution in [-0.2, 0) is 14.3 Å². The highest BCUT2D eigenvalue weighted by Crippen LogP contribution is 2.30. The van der Waals surface area contributed by atoms with Gasteiger partial charge in [0.25, 0.3) is 0 Å². The summed E-state index contributed by atoms with van der Waals surface area (Å²) in [5.41, 5.74) is 3.63. The molecule has 0 atom stereocenters. The van der Waals surface area contributed by atoms with Gasteiger partial charge in [0.05, 0.1) is 17.6 Å². The van der Waals surface area contributed by atoms with E-state index in [1.807, 2.05) is 31.2 Å². The number of pyridine rings is 2. The lowest BCUT2D eigenvalue weighted by Crippen LogP contribution is -2.28. The number of anilines is 2. The van der Waals surface area contributed by atoms with Crippen LogP contribution in [0.4, 0.5) is 11.5 Å². The maximum atomic E-state index is 12.6. The molecular formula is C25H26N6O3. The van der Waals surface area contributed by atoms with Crippen LogP contribution in [-0.4, -0.2) is 45.0 Å². The van der Waals surface area contributed by atoms with Crippen LogP contribution in [0.5, 0.6) is 0 Å². The quantitative estimate of drug-likeness (QED) is 0.579. The van der Waals surface area contributed by atoms with Gasteiger partial charge in [-0.2, -0.15) is 0 Å². The first-order valence-electron chi connectivity index (χ1n) is 11.5. The van der Waals surface area contributed by atoms with Gasteiger partial charge in [-0.15, -0.1) is 0 Å². The molecule has 1 aliphatic heterocycles. The van der Waals surface area contributed by atoms with Gasteiger partial charge in [-0.1, -0.05) is 0 Å². The molecule has 1 saturated carbocycles. The Labute approximate surface area is 197 Å². The largest absolute Gasteiger partial charge is 0.381 e. The number of aromatic nitrogens is 4. The molecule has 2 aliphatic rings. The molecule has 34 heavy (non-hydrogen) atoms. The van der Waals surface area contributed by atoms with Gasteiger partial charge in [0.1, 0.15) is 5.82 Å². The zero-order valence-corrected chi connectivity index (χ0v) is 19.0. The molecule has 0 bridgehead atoms. The number of aryl methyl sites for hydroxylation is 1. The topological polar surface area (TPSA) is 119 Å². The number of hydrogen-bond donors (Lipinski definition) is 2. The first-order chi connectivity index (χ1) is 16.6. The van der Waals surface area contributed by atoms with Gasteiger partial charge < -0.3 is 15.4 Å². The first kappa shape index (κ1) is 22.1. The third-order valence-corrected chi connectivity index (χ3v) is 6.10. The molecule has 1 saturated heterocycles. The third-order valence-electron chi connectivity index (χ3n) is 6.10. The smallest absolute Gasteiger partial charge is 0.228 e. The molecule has 5 rings (SSSR count). The summed E-state index contributed by atoms with van der Waals surface area (Å²) in [4.78, 5) is 42.6. The third kappa shape index (κ3) is 5.09. The van der Waals surface area contributed by atoms with Gasteiger partial charge in [0.15, 0.2) is 5.82 Å². The zero-order valence-electron chi connectivity index (χ0n) is 19.0. The van der Waals surface area contributed by atoms with Crippen molar-refractivity contribution in [2.45, 2.75) is 32.6 Å². The Morgan fingerprint density at radius 2 is 1.65 bits per heavy atom. The second-order valence-electron chi connectivity index (χ2n) is 8.69. The molecule has 2 N–H and O–H groups in total. The average Bonchev–Trinajstić information content (AvgIpc) is 3.72. The zero-order chi connectivity index (χ0) is 23.5. The van der Waals surface area contributed by atoms with E-state index < -0.39 is 0 Å². The highest BCUT2D eigenvalue weighted by Gasteiger charge is 2.29. The van der Waals surface area contributed by atoms with Crippen LogP contribution in [0, 0.1) is 18.8 Å². The maximum absolute atomic E-state index is 12.6. The van der Waals surface area contributed by atoms with Crippen molar-refractivity contribution in [1.29, 1.82) is 0 Å². The Kier molecular flexibility index (Phi) is 6.27. The molecule has 4 heterocycles. The van der Waals surface area contributed by atoms with Crippen molar-refractivity contribution in [1.82, 2.24) is 19.9 Å². The summed E-state index contributed by atoms with van der Waals surface area (Å²) in [6.45, 7) is 3.10. The van der Waals surface area contributed by atoms with E-state index in [0.29, 0.717) is 36.2 Å². The Balaban J connectivity index is 1.37. The molecule has 0 aromatic carbocycles. The molecule has 0 unspecified atom stereocenters. The van der Waals surface area contributed by atoms with E-state index in [1.54, 1.807) is 18.6 Å². The molecular weight excluding hydrogens is 432 g/mol. The van der Waals surface area contributed by atoms with Crippen LogP contribution in [0.25, 0.3) is 22.6 Å². The molecule has 3 aromatic heterocycles. The maximum Gasteiger partial charge on any atom is 0.228 e. The predicted molar refractivity (Wildman–Crippen MR) is 127 cm³/mol. The number of ether oxygens (including phenoxy) is 1. The van der Waals surface area contributed by atoms with E-state index in [4.69, 9.17) is 9.72 Å². The van der Waals surface area contributed by atoms with Crippen molar-refractivity contribution in [3.05, 3.63) is 48.5 Å². The molecule has 174 valence electrons. The molecule has 0 radical (unpaired) electrons. The van der Waals surface area contributed by atoms with E-state index in [1.165, 1.54) is 0 Å². The fraction of sp³-hybridized carbons (Fsp3) is 0.360. The van der Waals surface area contributed by atoms with Crippen LogP contribution in [0.15, 0.2) is 42.9 Å². The Bertz CT molecular complexity index is 1220. The number of hydrogen-bond acceptors (Lipinski definition) is 7. The number of nitrogens with zero attached hydrogens (tertiary/aromatic N) is 4. The monoisotopic (exact) mass is 458 g/mol. The normalized spacial score (nSPS) is 16.1. The fourth-order valence-corrected chi connectivity index (χ4v) is 3.91. The SMILES string of the molecule is Cc1ncc(NC(=O)C2CCOCC2)cc1-c1nccc(-c2ccnc(NC(=O)C3CC3)c2)n1. The van der Waals surface area contributed by atoms with Crippen molar-refractivity contribution in [3.8, 4) is 22.6 Å². The predicted octanol–water partition coefficient (Wildman–Crippen LogP) is 3.62. The number of amides is 2. The van der Waals surface area contributed by atoms with Gasteiger partial charge >= 0.3 is 0 Å². The molecule has 9 heteroatoms. The lowest BCUT2D eigenvalue weighted by molar-refractivity contribution is -0.122. The molecule has 3 aromatic rings. The second kappa shape index (κ2) is 9.64. The molecule has 0 spiro atoms. The van der Waals surface area contributed by atoms with Crippen molar-refractivity contribution in [3.63, 3.8) is 0 Å². The second-order valence-corrected chi connectivity index (χ2v) is 8.69. The summed E-state index contributed by atoms with van der Waals surface area (Å²) in [6, 6.07) is 7.31. The Morgan fingerprint density at radius 3 is 2.44 bits per heavy atom. The summed E-state index contributed by atoms with van der Waals surface area (Å²) in [5.74, 6) is 1.04. The van der Waals surface area contributed by atoms with Crippen LogP contribution in [0.2, 0.25) is 0 Å². The highest BCUT2D eigenvalue weighted by atomic mass is 16.5. The number of carbonyl (C=O) groups excluding carboxylic acids is 2. The Hall–Kier alpha value is -3.72. The standard InChI is InChI=1S/C25H26N6O3/c1-15-20(13-19(14-28-15)29-24(32)17-6-10-34-11-7-17)23-27-9-5-21(30-23)18-4-8-26-22(12-18)31-25(33)16-2-3-16/h4-5,8-9,12-14,16-17H,2-3,6-7,10-11H2,1H3,(H,29,32)(H,26,31,33). The van der Waals surface area contributed by atoms with Crippen LogP contribution in [0.1, 0.15) is 31.4 Å². The summed E-state index contributed by atoms with van der Waals surface area (Å²) >= 11 is 0. The van der Waals surface area contributed by atoms with E-state index >= 15 is 0 Å². The molecule has 2 amide bonds. The summed E-state index contributed by atoms with van der Waals surface area (Å²) < 4.78 is 5.35. The Morgan fingerprint density at radius 1 is 0.912 bits per heavy atom. The molecule has 9 nitrogen and oxygen atoms in total. The average molecular weight is 459 g/mol. The first-order valence-corrected chi connectivity index (χ1v) is 11.5. The lowest BCUT2D eigenvalue weighted by Gasteiger charge is -2.21. The van der Waals surface area contributed by atoms with E-state index in [9.17, 15) is 9.59 Å². The summed E-state index contributed by atoms with van der Waals surface area (Å²) in [6.07, 6.45) is 8.30. The van der Waals surface area contributed by atoms with Gasteiger partial charge in [0, 0.05) is 54.3 Å². The van der Waals surface area contributed by atoms with Crippen LogP contribution >= 0.6 is 0 Å². The number of nitrogens with one attached hydrogen (secondary N) is 2. The van der Waals surface area contributed by atoms with E-state index in [-0.39, 0.29) is 23.7 Å². The van der Waals surface area contributed by atoms with Crippen LogP contribution in [0.3, 0.4) is 0 Å².